The maximum Gasteiger partial charge on any atom is 0.261 e. The molecule has 0 radical (unpaired) electrons. The fraction of sp³-hybridized carbons (Fsp3) is 0.357. The second kappa shape index (κ2) is 13.6. The van der Waals surface area contributed by atoms with Crippen molar-refractivity contribution in [3.63, 3.8) is 0 Å². The fourth-order valence-corrected chi connectivity index (χ4v) is 3.86. The zero-order valence-corrected chi connectivity index (χ0v) is 23.1. The molecule has 0 fully saturated rings. The average Bonchev–Trinajstić information content (AvgIpc) is 3.35. The van der Waals surface area contributed by atoms with Gasteiger partial charge in [0.15, 0.2) is 11.8 Å². The molecule has 2 amide bonds. The summed E-state index contributed by atoms with van der Waals surface area (Å²) in [6.45, 7) is 1.76. The monoisotopic (exact) mass is 558 g/mol. The number of hydrogen-bond acceptors (Lipinski definition) is 6. The van der Waals surface area contributed by atoms with Crippen molar-refractivity contribution < 1.29 is 27.5 Å². The molecule has 0 aliphatic heterocycles. The lowest BCUT2D eigenvalue weighted by Crippen LogP contribution is -2.33. The third-order valence-corrected chi connectivity index (χ3v) is 5.78. The Morgan fingerprint density at radius 3 is 2.60 bits per heavy atom. The van der Waals surface area contributed by atoms with Crippen molar-refractivity contribution in [1.82, 2.24) is 29.7 Å². The molecule has 2 unspecified atom stereocenters. The van der Waals surface area contributed by atoms with Crippen molar-refractivity contribution in [3.8, 4) is 5.75 Å². The highest BCUT2D eigenvalue weighted by molar-refractivity contribution is 6.02. The topological polar surface area (TPSA) is 92.1 Å². The summed E-state index contributed by atoms with van der Waals surface area (Å²) < 4.78 is 48.4. The van der Waals surface area contributed by atoms with Gasteiger partial charge in [0.05, 0.1) is 18.4 Å². The molecule has 0 aliphatic carbocycles. The molecule has 40 heavy (non-hydrogen) atoms. The number of nitrogens with one attached hydrogen (secondary N) is 1. The van der Waals surface area contributed by atoms with Crippen LogP contribution in [-0.2, 0) is 4.79 Å². The lowest BCUT2D eigenvalue weighted by atomic mass is 9.96. The minimum Gasteiger partial charge on any atom is -0.460 e. The van der Waals surface area contributed by atoms with E-state index in [4.69, 9.17) is 4.74 Å². The lowest BCUT2D eigenvalue weighted by Gasteiger charge is -2.23. The quantitative estimate of drug-likeness (QED) is 0.330. The number of amides is 2. The first-order valence-electron chi connectivity index (χ1n) is 12.6. The number of fused-ring (bicyclic) bond motifs is 1. The highest BCUT2D eigenvalue weighted by Gasteiger charge is 2.23. The standard InChI is InChI=1S/C28H33F3N6O3/c1-6-8-20(21-13-19(23(31)14-29)9-10-25(21)40-18(2)30)24(16-36(5)17-26(38)35(3)4)34-28(39)22-15-33-37-12-7-11-32-27(22)37/h7-13,15-16,18,23H,6,14,17H2,1-5H3,(H,34,39)/b20-8-,24-16+. The number of rotatable bonds is 12. The molecule has 3 aromatic rings. The van der Waals surface area contributed by atoms with E-state index >= 15 is 0 Å². The van der Waals surface area contributed by atoms with Gasteiger partial charge in [-0.05, 0) is 30.2 Å². The van der Waals surface area contributed by atoms with Crippen LogP contribution in [0.15, 0.2) is 60.8 Å². The third kappa shape index (κ3) is 7.39. The van der Waals surface area contributed by atoms with Crippen molar-refractivity contribution >= 4 is 23.0 Å². The first-order valence-corrected chi connectivity index (χ1v) is 12.6. The number of alkyl halides is 3. The molecule has 0 spiro atoms. The van der Waals surface area contributed by atoms with E-state index in [1.54, 1.807) is 44.4 Å². The SMILES string of the molecule is CC/C=C(\C(=C/N(C)CC(=O)N(C)C)NC(=O)c1cnn2cccnc12)c1cc(C(F)CF)ccc1OC(C)F. The maximum atomic E-state index is 14.4. The normalized spacial score (nSPS) is 13.6. The minimum atomic E-state index is -1.91. The van der Waals surface area contributed by atoms with Crippen LogP contribution in [0.5, 0.6) is 5.75 Å². The smallest absolute Gasteiger partial charge is 0.261 e. The van der Waals surface area contributed by atoms with Crippen LogP contribution in [0.25, 0.3) is 11.2 Å². The second-order valence-electron chi connectivity index (χ2n) is 9.21. The summed E-state index contributed by atoms with van der Waals surface area (Å²) in [6.07, 6.45) is 4.65. The van der Waals surface area contributed by atoms with Crippen LogP contribution in [0.1, 0.15) is 47.9 Å². The van der Waals surface area contributed by atoms with Gasteiger partial charge < -0.3 is 19.9 Å². The summed E-state index contributed by atoms with van der Waals surface area (Å²) in [5.41, 5.74) is 1.31. The van der Waals surface area contributed by atoms with Crippen LogP contribution in [0.4, 0.5) is 13.2 Å². The molecule has 214 valence electrons. The Labute approximate surface area is 230 Å². The number of aromatic nitrogens is 3. The van der Waals surface area contributed by atoms with E-state index in [-0.39, 0.29) is 40.6 Å². The molecule has 3 rings (SSSR count). The molecule has 0 bridgehead atoms. The van der Waals surface area contributed by atoms with Crippen molar-refractivity contribution in [3.05, 3.63) is 77.5 Å². The van der Waals surface area contributed by atoms with Gasteiger partial charge in [0.25, 0.3) is 5.91 Å². The summed E-state index contributed by atoms with van der Waals surface area (Å²) in [4.78, 5) is 33.1. The summed E-state index contributed by atoms with van der Waals surface area (Å²) in [7, 11) is 4.88. The van der Waals surface area contributed by atoms with Crippen molar-refractivity contribution in [1.29, 1.82) is 0 Å². The van der Waals surface area contributed by atoms with Crippen molar-refractivity contribution in [2.45, 2.75) is 32.8 Å². The average molecular weight is 559 g/mol. The third-order valence-electron chi connectivity index (χ3n) is 5.78. The van der Waals surface area contributed by atoms with Gasteiger partial charge in [0.2, 0.25) is 12.3 Å². The summed E-state index contributed by atoms with van der Waals surface area (Å²) in [5, 5.41) is 7.00. The van der Waals surface area contributed by atoms with Gasteiger partial charge in [-0.3, -0.25) is 9.59 Å². The Kier molecular flexibility index (Phi) is 10.3. The molecule has 1 aromatic carbocycles. The van der Waals surface area contributed by atoms with Crippen LogP contribution >= 0.6 is 0 Å². The van der Waals surface area contributed by atoms with Gasteiger partial charge in [-0.2, -0.15) is 5.10 Å². The zero-order valence-electron chi connectivity index (χ0n) is 23.1. The molecule has 2 heterocycles. The minimum absolute atomic E-state index is 0.0204. The number of nitrogens with zero attached hydrogens (tertiary/aromatic N) is 5. The van der Waals surface area contributed by atoms with Gasteiger partial charge >= 0.3 is 0 Å². The molecule has 0 saturated carbocycles. The molecule has 12 heteroatoms. The van der Waals surface area contributed by atoms with Crippen molar-refractivity contribution in [2.75, 3.05) is 34.4 Å². The van der Waals surface area contributed by atoms with E-state index in [0.29, 0.717) is 17.6 Å². The number of carbonyl (C=O) groups excluding carboxylic acids is 2. The number of halogens is 3. The predicted molar refractivity (Wildman–Crippen MR) is 146 cm³/mol. The number of allylic oxidation sites excluding steroid dienone is 2. The number of likely N-dealkylation sites (N-methyl/N-ethyl adjacent to an activating group) is 2. The van der Waals surface area contributed by atoms with Crippen molar-refractivity contribution in [2.24, 2.45) is 0 Å². The summed E-state index contributed by atoms with van der Waals surface area (Å²) in [6, 6.07) is 5.72. The van der Waals surface area contributed by atoms with Crippen LogP contribution in [-0.4, -0.2) is 76.9 Å². The lowest BCUT2D eigenvalue weighted by molar-refractivity contribution is -0.129. The molecule has 2 atom stereocenters. The summed E-state index contributed by atoms with van der Waals surface area (Å²) in [5.74, 6) is -0.689. The van der Waals surface area contributed by atoms with Crippen LogP contribution in [0, 0.1) is 0 Å². The second-order valence-corrected chi connectivity index (χ2v) is 9.21. The molecular weight excluding hydrogens is 525 g/mol. The van der Waals surface area contributed by atoms with Crippen LogP contribution in [0.3, 0.4) is 0 Å². The highest BCUT2D eigenvalue weighted by atomic mass is 19.2. The summed E-state index contributed by atoms with van der Waals surface area (Å²) >= 11 is 0. The Morgan fingerprint density at radius 2 is 1.95 bits per heavy atom. The maximum absolute atomic E-state index is 14.4. The first kappa shape index (κ1) is 30.2. The molecule has 2 aromatic heterocycles. The van der Waals surface area contributed by atoms with E-state index in [9.17, 15) is 22.8 Å². The Balaban J connectivity index is 2.16. The molecule has 9 nitrogen and oxygen atoms in total. The number of ether oxygens (including phenoxy) is 1. The Bertz CT molecular complexity index is 1400. The molecule has 0 aliphatic rings. The Morgan fingerprint density at radius 1 is 1.20 bits per heavy atom. The molecular formula is C28H33F3N6O3. The van der Waals surface area contributed by atoms with Gasteiger partial charge in [-0.15, -0.1) is 0 Å². The highest BCUT2D eigenvalue weighted by Crippen LogP contribution is 2.35. The number of carbonyl (C=O) groups is 2. The Hall–Kier alpha value is -4.35. The fourth-order valence-electron chi connectivity index (χ4n) is 3.86. The van der Waals surface area contributed by atoms with Crippen LogP contribution < -0.4 is 10.1 Å². The van der Waals surface area contributed by atoms with E-state index in [2.05, 4.69) is 15.4 Å². The van der Waals surface area contributed by atoms with E-state index < -0.39 is 25.1 Å². The van der Waals surface area contributed by atoms with Gasteiger partial charge in [0, 0.05) is 57.8 Å². The number of benzene rings is 1. The molecule has 0 saturated heterocycles. The predicted octanol–water partition coefficient (Wildman–Crippen LogP) is 4.49. The van der Waals surface area contributed by atoms with Gasteiger partial charge in [-0.1, -0.05) is 19.1 Å². The van der Waals surface area contributed by atoms with Gasteiger partial charge in [-0.25, -0.2) is 22.7 Å². The first-order chi connectivity index (χ1) is 19.0. The molecule has 1 N–H and O–H groups in total. The van der Waals surface area contributed by atoms with E-state index in [1.807, 2.05) is 6.92 Å². The number of hydrogen-bond donors (Lipinski definition) is 1. The van der Waals surface area contributed by atoms with Gasteiger partial charge in [0.1, 0.15) is 18.0 Å². The van der Waals surface area contributed by atoms with Crippen LogP contribution in [0.2, 0.25) is 0 Å². The zero-order chi connectivity index (χ0) is 29.4. The largest absolute Gasteiger partial charge is 0.460 e. The van der Waals surface area contributed by atoms with E-state index in [0.717, 1.165) is 0 Å². The van der Waals surface area contributed by atoms with E-state index in [1.165, 1.54) is 53.1 Å².